The minimum atomic E-state index is -4.56. The van der Waals surface area contributed by atoms with E-state index < -0.39 is 29.9 Å². The SMILES string of the molecule is CC1=C(C(C)O)[C@@H](c2ccc(C#N)cc2)N(c2cccc(C(F)(F)F)c2)C(=O)N1. The van der Waals surface area contributed by atoms with Crippen LogP contribution in [0, 0.1) is 11.3 Å². The van der Waals surface area contributed by atoms with Crippen LogP contribution >= 0.6 is 0 Å². The maximum Gasteiger partial charge on any atom is 0.416 e. The van der Waals surface area contributed by atoms with E-state index in [0.717, 1.165) is 12.1 Å². The van der Waals surface area contributed by atoms with Gasteiger partial charge in [-0.25, -0.2) is 4.79 Å². The van der Waals surface area contributed by atoms with Gasteiger partial charge in [0.05, 0.1) is 29.3 Å². The van der Waals surface area contributed by atoms with Crippen LogP contribution in [0.4, 0.5) is 23.7 Å². The number of alkyl halides is 3. The predicted octanol–water partition coefficient (Wildman–Crippen LogP) is 4.50. The van der Waals surface area contributed by atoms with Gasteiger partial charge in [-0.1, -0.05) is 18.2 Å². The largest absolute Gasteiger partial charge is 0.416 e. The molecule has 2 N–H and O–H groups in total. The number of benzene rings is 2. The zero-order valence-electron chi connectivity index (χ0n) is 15.7. The first-order chi connectivity index (χ1) is 13.6. The van der Waals surface area contributed by atoms with Crippen LogP contribution in [-0.4, -0.2) is 17.2 Å². The second kappa shape index (κ2) is 7.60. The van der Waals surface area contributed by atoms with Gasteiger partial charge >= 0.3 is 12.2 Å². The number of hydrogen-bond acceptors (Lipinski definition) is 3. The van der Waals surface area contributed by atoms with Crippen molar-refractivity contribution in [1.82, 2.24) is 5.32 Å². The zero-order chi connectivity index (χ0) is 21.3. The number of aliphatic hydroxyl groups excluding tert-OH is 1. The molecule has 0 saturated carbocycles. The number of nitriles is 1. The Hall–Kier alpha value is -3.31. The monoisotopic (exact) mass is 401 g/mol. The molecule has 0 radical (unpaired) electrons. The van der Waals surface area contributed by atoms with Crippen molar-refractivity contribution in [2.24, 2.45) is 0 Å². The molecule has 2 atom stereocenters. The summed E-state index contributed by atoms with van der Waals surface area (Å²) in [7, 11) is 0. The van der Waals surface area contributed by atoms with Crippen LogP contribution in [0.5, 0.6) is 0 Å². The lowest BCUT2D eigenvalue weighted by atomic mass is 9.89. The summed E-state index contributed by atoms with van der Waals surface area (Å²) in [6.45, 7) is 3.15. The molecule has 8 heteroatoms. The molecule has 3 rings (SSSR count). The maximum atomic E-state index is 13.2. The molecule has 0 aromatic heterocycles. The molecular formula is C21H18F3N3O2. The average Bonchev–Trinajstić information content (AvgIpc) is 2.66. The Morgan fingerprint density at radius 1 is 1.21 bits per heavy atom. The quantitative estimate of drug-likeness (QED) is 0.795. The smallest absolute Gasteiger partial charge is 0.389 e. The Morgan fingerprint density at radius 3 is 2.41 bits per heavy atom. The van der Waals surface area contributed by atoms with Gasteiger partial charge in [0.15, 0.2) is 0 Å². The van der Waals surface area contributed by atoms with Crippen LogP contribution in [0.1, 0.15) is 36.6 Å². The van der Waals surface area contributed by atoms with Crippen LogP contribution in [-0.2, 0) is 6.18 Å². The lowest BCUT2D eigenvalue weighted by molar-refractivity contribution is -0.137. The number of rotatable bonds is 3. The molecule has 0 fully saturated rings. The van der Waals surface area contributed by atoms with E-state index in [9.17, 15) is 23.1 Å². The van der Waals surface area contributed by atoms with Gasteiger partial charge in [-0.05, 0) is 49.7 Å². The highest BCUT2D eigenvalue weighted by Gasteiger charge is 2.38. The topological polar surface area (TPSA) is 76.4 Å². The fraction of sp³-hybridized carbons (Fsp3) is 0.238. The van der Waals surface area contributed by atoms with Crippen molar-refractivity contribution >= 4 is 11.7 Å². The molecule has 150 valence electrons. The third-order valence-corrected chi connectivity index (χ3v) is 4.76. The molecule has 0 spiro atoms. The number of allylic oxidation sites excluding steroid dienone is 1. The number of amides is 2. The second-order valence-electron chi connectivity index (χ2n) is 6.74. The van der Waals surface area contributed by atoms with Crippen LogP contribution in [0.25, 0.3) is 0 Å². The number of nitrogens with one attached hydrogen (secondary N) is 1. The molecule has 2 aromatic carbocycles. The highest BCUT2D eigenvalue weighted by molar-refractivity contribution is 5.96. The molecular weight excluding hydrogens is 383 g/mol. The number of urea groups is 1. The van der Waals surface area contributed by atoms with E-state index >= 15 is 0 Å². The number of anilines is 1. The van der Waals surface area contributed by atoms with Crippen LogP contribution < -0.4 is 10.2 Å². The van der Waals surface area contributed by atoms with E-state index in [-0.39, 0.29) is 5.69 Å². The van der Waals surface area contributed by atoms with Crippen LogP contribution in [0.15, 0.2) is 59.8 Å². The first kappa shape index (κ1) is 20.4. The number of carbonyl (C=O) groups is 1. The van der Waals surface area contributed by atoms with E-state index in [2.05, 4.69) is 5.32 Å². The molecule has 0 bridgehead atoms. The summed E-state index contributed by atoms with van der Waals surface area (Å²) in [5.41, 5.74) is 1.00. The number of aliphatic hydroxyl groups is 1. The molecule has 2 amide bonds. The van der Waals surface area contributed by atoms with Gasteiger partial charge in [0, 0.05) is 17.0 Å². The van der Waals surface area contributed by atoms with Gasteiger partial charge < -0.3 is 10.4 Å². The molecule has 1 heterocycles. The van der Waals surface area contributed by atoms with Crippen molar-refractivity contribution in [3.63, 3.8) is 0 Å². The minimum Gasteiger partial charge on any atom is -0.389 e. The number of halogens is 3. The van der Waals surface area contributed by atoms with Crippen molar-refractivity contribution in [3.8, 4) is 6.07 Å². The van der Waals surface area contributed by atoms with Crippen molar-refractivity contribution in [2.75, 3.05) is 4.90 Å². The first-order valence-electron chi connectivity index (χ1n) is 8.79. The first-order valence-corrected chi connectivity index (χ1v) is 8.79. The molecule has 29 heavy (non-hydrogen) atoms. The summed E-state index contributed by atoms with van der Waals surface area (Å²) >= 11 is 0. The Balaban J connectivity index is 2.20. The Labute approximate surface area is 165 Å². The van der Waals surface area contributed by atoms with Gasteiger partial charge in [-0.3, -0.25) is 4.90 Å². The number of carbonyl (C=O) groups excluding carboxylic acids is 1. The highest BCUT2D eigenvalue weighted by Crippen LogP contribution is 2.40. The van der Waals surface area contributed by atoms with Crippen molar-refractivity contribution in [3.05, 3.63) is 76.5 Å². The van der Waals surface area contributed by atoms with Gasteiger partial charge in [-0.2, -0.15) is 18.4 Å². The van der Waals surface area contributed by atoms with Crippen molar-refractivity contribution in [2.45, 2.75) is 32.2 Å². The Morgan fingerprint density at radius 2 is 1.86 bits per heavy atom. The maximum absolute atomic E-state index is 13.2. The van der Waals surface area contributed by atoms with Crippen LogP contribution in [0.3, 0.4) is 0 Å². The summed E-state index contributed by atoms with van der Waals surface area (Å²) in [4.78, 5) is 14.0. The fourth-order valence-electron chi connectivity index (χ4n) is 3.46. The van der Waals surface area contributed by atoms with Gasteiger partial charge in [0.1, 0.15) is 0 Å². The van der Waals surface area contributed by atoms with Crippen molar-refractivity contribution < 1.29 is 23.1 Å². The summed E-state index contributed by atoms with van der Waals surface area (Å²) in [5, 5.41) is 22.0. The molecule has 1 aliphatic rings. The molecule has 2 aromatic rings. The summed E-state index contributed by atoms with van der Waals surface area (Å²) < 4.78 is 39.6. The summed E-state index contributed by atoms with van der Waals surface area (Å²) in [6, 6.07) is 11.4. The van der Waals surface area contributed by atoms with E-state index in [1.165, 1.54) is 24.0 Å². The average molecular weight is 401 g/mol. The predicted molar refractivity (Wildman–Crippen MR) is 101 cm³/mol. The van der Waals surface area contributed by atoms with Gasteiger partial charge in [0.2, 0.25) is 0 Å². The highest BCUT2D eigenvalue weighted by atomic mass is 19.4. The summed E-state index contributed by atoms with van der Waals surface area (Å²) in [5.74, 6) is 0. The molecule has 0 saturated heterocycles. The van der Waals surface area contributed by atoms with E-state index in [4.69, 9.17) is 5.26 Å². The van der Waals surface area contributed by atoms with Gasteiger partial charge in [-0.15, -0.1) is 0 Å². The standard InChI is InChI=1S/C21H18F3N3O2/c1-12-18(13(2)28)19(15-8-6-14(11-25)7-9-15)27(20(29)26-12)17-5-3-4-16(10-17)21(22,23)24/h3-10,13,19,28H,1-2H3,(H,26,29)/t13?,19-/m1/s1. The summed E-state index contributed by atoms with van der Waals surface area (Å²) in [6.07, 6.45) is -5.53. The lowest BCUT2D eigenvalue weighted by Crippen LogP contribution is -2.49. The molecule has 1 aliphatic heterocycles. The normalized spacial score (nSPS) is 18.3. The van der Waals surface area contributed by atoms with Crippen molar-refractivity contribution in [1.29, 1.82) is 5.26 Å². The minimum absolute atomic E-state index is 0.0392. The van der Waals surface area contributed by atoms with Gasteiger partial charge in [0.25, 0.3) is 0 Å². The number of nitrogens with zero attached hydrogens (tertiary/aromatic N) is 2. The molecule has 5 nitrogen and oxygen atoms in total. The van der Waals surface area contributed by atoms with E-state index in [1.807, 2.05) is 6.07 Å². The lowest BCUT2D eigenvalue weighted by Gasteiger charge is -2.40. The third-order valence-electron chi connectivity index (χ3n) is 4.76. The molecule has 0 aliphatic carbocycles. The Bertz CT molecular complexity index is 1010. The number of hydrogen-bond donors (Lipinski definition) is 2. The van der Waals surface area contributed by atoms with E-state index in [1.54, 1.807) is 31.2 Å². The molecule has 1 unspecified atom stereocenters. The van der Waals surface area contributed by atoms with E-state index in [0.29, 0.717) is 22.4 Å². The van der Waals surface area contributed by atoms with Crippen LogP contribution in [0.2, 0.25) is 0 Å². The Kier molecular flexibility index (Phi) is 5.36. The fourth-order valence-corrected chi connectivity index (χ4v) is 3.46. The second-order valence-corrected chi connectivity index (χ2v) is 6.74. The zero-order valence-corrected chi connectivity index (χ0v) is 15.7. The third kappa shape index (κ3) is 3.96.